The zero-order chi connectivity index (χ0) is 37.1. The number of aliphatic hydroxyl groups is 1. The zero-order valence-electron chi connectivity index (χ0n) is 30.3. The Hall–Kier alpha value is -3.65. The number of nitrogens with one attached hydrogen (secondary N) is 1. The van der Waals surface area contributed by atoms with Crippen LogP contribution in [0.5, 0.6) is 5.75 Å². The van der Waals surface area contributed by atoms with E-state index in [0.29, 0.717) is 24.3 Å². The zero-order valence-corrected chi connectivity index (χ0v) is 31.0. The van der Waals surface area contributed by atoms with Gasteiger partial charge < -0.3 is 38.6 Å². The van der Waals surface area contributed by atoms with E-state index in [4.69, 9.17) is 35.3 Å². The molecule has 3 amide bonds. The molecule has 3 aliphatic heterocycles. The maximum absolute atomic E-state index is 14.0. The number of likely N-dealkylation sites (N-methyl/N-ethyl adjacent to an activating group) is 1. The Morgan fingerprint density at radius 1 is 1.26 bits per heavy atom. The van der Waals surface area contributed by atoms with Gasteiger partial charge >= 0.3 is 12.1 Å². The molecule has 4 rings (SSSR count). The molecule has 8 unspecified atom stereocenters. The molecule has 2 saturated heterocycles. The second kappa shape index (κ2) is 15.7. The van der Waals surface area contributed by atoms with Crippen LogP contribution in [0.1, 0.15) is 65.9 Å². The number of methoxy groups -OCH3 is 2. The number of esters is 1. The van der Waals surface area contributed by atoms with E-state index in [1.807, 2.05) is 19.9 Å². The van der Waals surface area contributed by atoms with Gasteiger partial charge in [0.25, 0.3) is 0 Å². The summed E-state index contributed by atoms with van der Waals surface area (Å²) < 4.78 is 29.1. The van der Waals surface area contributed by atoms with Gasteiger partial charge in [-0.05, 0) is 51.3 Å². The third-order valence-electron chi connectivity index (χ3n) is 9.99. The lowest BCUT2D eigenvalue weighted by Crippen LogP contribution is -2.63. The topological polar surface area (TPSA) is 156 Å². The minimum atomic E-state index is -1.82. The molecule has 1 aromatic carbocycles. The number of hydrogen-bond donors (Lipinski definition) is 2. The number of allylic oxidation sites excluding steroid dienone is 3. The van der Waals surface area contributed by atoms with Crippen molar-refractivity contribution in [3.8, 4) is 5.75 Å². The van der Waals surface area contributed by atoms with E-state index >= 15 is 0 Å². The Kier molecular flexibility index (Phi) is 12.3. The van der Waals surface area contributed by atoms with Gasteiger partial charge in [-0.3, -0.25) is 14.9 Å². The van der Waals surface area contributed by atoms with Crippen LogP contribution in [0, 0.1) is 5.92 Å². The predicted octanol–water partition coefficient (Wildman–Crippen LogP) is 4.31. The summed E-state index contributed by atoms with van der Waals surface area (Å²) in [5, 5.41) is 14.4. The van der Waals surface area contributed by atoms with Crippen LogP contribution in [0.2, 0.25) is 5.02 Å². The smallest absolute Gasteiger partial charge is 0.409 e. The van der Waals surface area contributed by atoms with Gasteiger partial charge in [0.1, 0.15) is 40.7 Å². The highest BCUT2D eigenvalue weighted by Crippen LogP contribution is 2.49. The molecule has 276 valence electrons. The number of epoxide rings is 1. The van der Waals surface area contributed by atoms with Crippen molar-refractivity contribution in [1.29, 1.82) is 0 Å². The molecule has 13 nitrogen and oxygen atoms in total. The standard InChI is InChI=1S/C36H50ClN3O10/c1-10-12-29(41)39(6)22(4)33(43)49-28-18-30(42)40(7)24-16-23(17-25(46-8)31(24)37)15-20(2)13-11-14-27(47-9)36(45)19-26(48-34(44)38-36)21(3)32-35(28,5)50-32/h11,13-14,16-17,21-22,26-28,32,45H,10,12,15,18-19H2,1-9H3,(H,38,44). The minimum Gasteiger partial charge on any atom is -0.495 e. The van der Waals surface area contributed by atoms with Crippen molar-refractivity contribution in [3.05, 3.63) is 46.5 Å². The van der Waals surface area contributed by atoms with E-state index in [1.165, 1.54) is 31.1 Å². The van der Waals surface area contributed by atoms with Gasteiger partial charge in [-0.1, -0.05) is 49.2 Å². The van der Waals surface area contributed by atoms with Crippen molar-refractivity contribution in [2.75, 3.05) is 33.2 Å². The molecule has 1 aromatic rings. The maximum atomic E-state index is 14.0. The number of carbonyl (C=O) groups excluding carboxylic acids is 4. The molecule has 0 radical (unpaired) electrons. The lowest BCUT2D eigenvalue weighted by Gasteiger charge is -2.42. The average Bonchev–Trinajstić information content (AvgIpc) is 3.76. The number of fused-ring (bicyclic) bond motifs is 5. The van der Waals surface area contributed by atoms with Gasteiger partial charge in [0.15, 0.2) is 5.72 Å². The second-order valence-corrected chi connectivity index (χ2v) is 14.0. The van der Waals surface area contributed by atoms with E-state index in [9.17, 15) is 24.3 Å². The fraction of sp³-hybridized carbons (Fsp3) is 0.611. The Balaban J connectivity index is 1.78. The molecule has 2 fully saturated rings. The highest BCUT2D eigenvalue weighted by molar-refractivity contribution is 6.35. The van der Waals surface area contributed by atoms with E-state index in [0.717, 1.165) is 11.1 Å². The summed E-state index contributed by atoms with van der Waals surface area (Å²) in [6.45, 7) is 8.88. The number of ether oxygens (including phenoxy) is 5. The number of benzene rings is 1. The number of hydrogen-bond acceptors (Lipinski definition) is 10. The predicted molar refractivity (Wildman–Crippen MR) is 186 cm³/mol. The normalized spacial score (nSPS) is 30.7. The van der Waals surface area contributed by atoms with Crippen LogP contribution < -0.4 is 15.0 Å². The number of anilines is 1. The first-order chi connectivity index (χ1) is 23.5. The van der Waals surface area contributed by atoms with Gasteiger partial charge in [0.2, 0.25) is 11.8 Å². The summed E-state index contributed by atoms with van der Waals surface area (Å²) in [7, 11) is 6.03. The highest BCUT2D eigenvalue weighted by atomic mass is 35.5. The fourth-order valence-electron chi connectivity index (χ4n) is 6.61. The Morgan fingerprint density at radius 2 is 1.96 bits per heavy atom. The summed E-state index contributed by atoms with van der Waals surface area (Å²) >= 11 is 6.74. The minimum absolute atomic E-state index is 0.0426. The Labute approximate surface area is 298 Å². The first-order valence-corrected chi connectivity index (χ1v) is 17.2. The number of carbonyl (C=O) groups is 4. The van der Waals surface area contributed by atoms with Gasteiger partial charge in [-0.15, -0.1) is 0 Å². The van der Waals surface area contributed by atoms with E-state index in [-0.39, 0.29) is 30.2 Å². The van der Waals surface area contributed by atoms with Gasteiger partial charge in [0, 0.05) is 40.0 Å². The monoisotopic (exact) mass is 719 g/mol. The third-order valence-corrected chi connectivity index (χ3v) is 10.4. The Morgan fingerprint density at radius 3 is 2.60 bits per heavy atom. The lowest BCUT2D eigenvalue weighted by molar-refractivity contribution is -0.162. The largest absolute Gasteiger partial charge is 0.495 e. The SMILES string of the molecule is CCCC(=O)N(C)C(C)C(=O)OC1CC(=O)N(C)c2cc(cc(OC)c2Cl)CC(C)=CC=CC(OC)C2(O)CC(OC(=O)N2)C(C)C2OC12C. The summed E-state index contributed by atoms with van der Waals surface area (Å²) in [5.41, 5.74) is -0.868. The lowest BCUT2D eigenvalue weighted by atomic mass is 9.83. The number of amides is 3. The average molecular weight is 720 g/mol. The van der Waals surface area contributed by atoms with Crippen molar-refractivity contribution < 1.29 is 48.0 Å². The van der Waals surface area contributed by atoms with Crippen molar-refractivity contribution in [2.24, 2.45) is 5.92 Å². The van der Waals surface area contributed by atoms with Crippen LogP contribution >= 0.6 is 11.6 Å². The highest BCUT2D eigenvalue weighted by Gasteiger charge is 2.64. The van der Waals surface area contributed by atoms with Gasteiger partial charge in [-0.2, -0.15) is 0 Å². The van der Waals surface area contributed by atoms with Crippen molar-refractivity contribution >= 4 is 41.2 Å². The summed E-state index contributed by atoms with van der Waals surface area (Å²) in [6, 6.07) is 2.65. The maximum Gasteiger partial charge on any atom is 0.409 e. The van der Waals surface area contributed by atoms with Gasteiger partial charge in [-0.25, -0.2) is 9.59 Å². The van der Waals surface area contributed by atoms with E-state index in [1.54, 1.807) is 52.1 Å². The molecule has 3 aliphatic rings. The van der Waals surface area contributed by atoms with E-state index in [2.05, 4.69) is 5.32 Å². The Bertz CT molecular complexity index is 1530. The number of nitrogens with zero attached hydrogens (tertiary/aromatic N) is 2. The molecular weight excluding hydrogens is 670 g/mol. The van der Waals surface area contributed by atoms with Crippen LogP contribution in [-0.2, 0) is 39.8 Å². The number of halogens is 1. The van der Waals surface area contributed by atoms with Crippen LogP contribution in [0.15, 0.2) is 35.9 Å². The molecule has 0 aromatic heterocycles. The van der Waals surface area contributed by atoms with Crippen LogP contribution in [0.25, 0.3) is 0 Å². The third kappa shape index (κ3) is 8.28. The molecule has 3 heterocycles. The van der Waals surface area contributed by atoms with Crippen LogP contribution in [-0.4, -0.2) is 104 Å². The number of rotatable bonds is 7. The van der Waals surface area contributed by atoms with Crippen LogP contribution in [0.3, 0.4) is 0 Å². The molecule has 0 spiro atoms. The quantitative estimate of drug-likeness (QED) is 0.308. The van der Waals surface area contributed by atoms with Crippen molar-refractivity contribution in [1.82, 2.24) is 10.2 Å². The summed E-state index contributed by atoms with van der Waals surface area (Å²) in [6.07, 6.45) is 1.91. The molecular formula is C36H50ClN3O10. The molecule has 50 heavy (non-hydrogen) atoms. The van der Waals surface area contributed by atoms with Crippen molar-refractivity contribution in [2.45, 2.75) is 109 Å². The molecule has 0 aliphatic carbocycles. The van der Waals surface area contributed by atoms with Crippen molar-refractivity contribution in [3.63, 3.8) is 0 Å². The molecule has 0 saturated carbocycles. The van der Waals surface area contributed by atoms with E-state index < -0.39 is 65.7 Å². The molecule has 14 heteroatoms. The summed E-state index contributed by atoms with van der Waals surface area (Å²) in [4.78, 5) is 55.7. The molecule has 4 bridgehead atoms. The second-order valence-electron chi connectivity index (χ2n) is 13.7. The molecule has 2 N–H and O–H groups in total. The first-order valence-electron chi connectivity index (χ1n) is 16.8. The number of alkyl carbamates (subject to hydrolysis) is 1. The van der Waals surface area contributed by atoms with Gasteiger partial charge in [0.05, 0.1) is 25.3 Å². The fourth-order valence-corrected chi connectivity index (χ4v) is 6.92. The first kappa shape index (κ1) is 39.1. The molecule has 8 atom stereocenters. The summed E-state index contributed by atoms with van der Waals surface area (Å²) in [5.74, 6) is -1.49. The van der Waals surface area contributed by atoms with Crippen LogP contribution in [0.4, 0.5) is 10.5 Å².